The highest BCUT2D eigenvalue weighted by Gasteiger charge is 2.13. The Morgan fingerprint density at radius 2 is 1.41 bits per heavy atom. The highest BCUT2D eigenvalue weighted by molar-refractivity contribution is 6.30. The molecule has 8 heteroatoms. The largest absolute Gasteiger partial charge is 0.493 e. The van der Waals surface area contributed by atoms with Crippen LogP contribution in [0.3, 0.4) is 0 Å². The molecule has 2 aromatic carbocycles. The van der Waals surface area contributed by atoms with E-state index in [4.69, 9.17) is 25.8 Å². The number of methoxy groups -OCH3 is 3. The van der Waals surface area contributed by atoms with Gasteiger partial charge in [-0.25, -0.2) is 9.97 Å². The summed E-state index contributed by atoms with van der Waals surface area (Å²) in [5, 5.41) is 7.04. The highest BCUT2D eigenvalue weighted by atomic mass is 35.5. The summed E-state index contributed by atoms with van der Waals surface area (Å²) in [7, 11) is 4.70. The van der Waals surface area contributed by atoms with E-state index in [1.807, 2.05) is 24.3 Å². The van der Waals surface area contributed by atoms with E-state index in [1.54, 1.807) is 39.5 Å². The number of benzene rings is 2. The first-order valence-electron chi connectivity index (χ1n) is 8.04. The molecule has 0 aliphatic carbocycles. The van der Waals surface area contributed by atoms with E-state index in [0.29, 0.717) is 33.9 Å². The summed E-state index contributed by atoms with van der Waals surface area (Å²) in [6.45, 7) is 0. The molecule has 3 aromatic rings. The summed E-state index contributed by atoms with van der Waals surface area (Å²) in [5.41, 5.74) is 1.57. The molecule has 3 rings (SSSR count). The maximum Gasteiger partial charge on any atom is 0.203 e. The molecule has 0 spiro atoms. The number of hydrogen-bond acceptors (Lipinski definition) is 7. The van der Waals surface area contributed by atoms with Gasteiger partial charge in [0.05, 0.1) is 21.3 Å². The predicted octanol–water partition coefficient (Wildman–Crippen LogP) is 4.64. The monoisotopic (exact) mass is 386 g/mol. The van der Waals surface area contributed by atoms with Gasteiger partial charge >= 0.3 is 0 Å². The number of rotatable bonds is 7. The molecule has 1 heterocycles. The van der Waals surface area contributed by atoms with Crippen LogP contribution < -0.4 is 24.8 Å². The van der Waals surface area contributed by atoms with Crippen LogP contribution in [0.4, 0.5) is 23.0 Å². The molecule has 1 aromatic heterocycles. The van der Waals surface area contributed by atoms with Gasteiger partial charge in [-0.3, -0.25) is 0 Å². The van der Waals surface area contributed by atoms with Crippen LogP contribution in [0.2, 0.25) is 5.02 Å². The maximum atomic E-state index is 6.01. The zero-order valence-electron chi connectivity index (χ0n) is 15.1. The lowest BCUT2D eigenvalue weighted by molar-refractivity contribution is 0.324. The van der Waals surface area contributed by atoms with Gasteiger partial charge in [0.1, 0.15) is 18.0 Å². The fraction of sp³-hybridized carbons (Fsp3) is 0.158. The van der Waals surface area contributed by atoms with Gasteiger partial charge in [0.15, 0.2) is 11.5 Å². The van der Waals surface area contributed by atoms with Crippen LogP contribution in [-0.2, 0) is 0 Å². The number of ether oxygens (including phenoxy) is 3. The van der Waals surface area contributed by atoms with Crippen molar-refractivity contribution < 1.29 is 14.2 Å². The minimum atomic E-state index is 0.525. The summed E-state index contributed by atoms with van der Waals surface area (Å²) >= 11 is 6.01. The van der Waals surface area contributed by atoms with Crippen LogP contribution in [0, 0.1) is 0 Å². The van der Waals surface area contributed by atoms with E-state index in [0.717, 1.165) is 11.4 Å². The Bertz CT molecular complexity index is 911. The number of aromatic nitrogens is 2. The second-order valence-corrected chi connectivity index (χ2v) is 5.90. The standard InChI is InChI=1S/C19H19ClN4O3/c1-25-15-8-14(9-16(26-2)19(15)27-3)24-18-10-17(21-11-22-18)23-13-6-4-5-12(20)7-13/h4-11H,1-3H3,(H2,21,22,23,24). The van der Waals surface area contributed by atoms with Crippen molar-refractivity contribution in [2.24, 2.45) is 0 Å². The third-order valence-corrected chi connectivity index (χ3v) is 3.94. The molecule has 0 radical (unpaired) electrons. The third kappa shape index (κ3) is 4.51. The van der Waals surface area contributed by atoms with Crippen molar-refractivity contribution in [3.63, 3.8) is 0 Å². The molecule has 0 saturated carbocycles. The average Bonchev–Trinajstić information content (AvgIpc) is 2.67. The lowest BCUT2D eigenvalue weighted by atomic mass is 10.2. The van der Waals surface area contributed by atoms with E-state index < -0.39 is 0 Å². The molecular weight excluding hydrogens is 368 g/mol. The zero-order chi connectivity index (χ0) is 19.2. The summed E-state index contributed by atoms with van der Waals surface area (Å²) in [4.78, 5) is 8.47. The fourth-order valence-electron chi connectivity index (χ4n) is 2.51. The quantitative estimate of drug-likeness (QED) is 0.612. The van der Waals surface area contributed by atoms with E-state index in [1.165, 1.54) is 6.33 Å². The van der Waals surface area contributed by atoms with Crippen LogP contribution in [0.25, 0.3) is 0 Å². The molecule has 140 valence electrons. The summed E-state index contributed by atoms with van der Waals surface area (Å²) in [6.07, 6.45) is 1.47. The lowest BCUT2D eigenvalue weighted by Gasteiger charge is -2.15. The van der Waals surface area contributed by atoms with Gasteiger partial charge in [-0.05, 0) is 18.2 Å². The molecule has 0 aliphatic heterocycles. The molecule has 0 amide bonds. The Balaban J connectivity index is 1.84. The van der Waals surface area contributed by atoms with Gasteiger partial charge < -0.3 is 24.8 Å². The van der Waals surface area contributed by atoms with Crippen molar-refractivity contribution in [1.29, 1.82) is 0 Å². The molecule has 2 N–H and O–H groups in total. The topological polar surface area (TPSA) is 77.5 Å². The van der Waals surface area contributed by atoms with Crippen LogP contribution >= 0.6 is 11.6 Å². The van der Waals surface area contributed by atoms with Crippen LogP contribution in [0.5, 0.6) is 17.2 Å². The number of nitrogens with zero attached hydrogens (tertiary/aromatic N) is 2. The van der Waals surface area contributed by atoms with Gasteiger partial charge in [-0.2, -0.15) is 0 Å². The maximum absolute atomic E-state index is 6.01. The van der Waals surface area contributed by atoms with Gasteiger partial charge in [-0.15, -0.1) is 0 Å². The van der Waals surface area contributed by atoms with Gasteiger partial charge in [0.25, 0.3) is 0 Å². The molecule has 0 aliphatic rings. The molecule has 0 saturated heterocycles. The minimum Gasteiger partial charge on any atom is -0.493 e. The first-order chi connectivity index (χ1) is 13.1. The first kappa shape index (κ1) is 18.6. The predicted molar refractivity (Wildman–Crippen MR) is 106 cm³/mol. The van der Waals surface area contributed by atoms with E-state index >= 15 is 0 Å². The number of anilines is 4. The third-order valence-electron chi connectivity index (χ3n) is 3.70. The van der Waals surface area contributed by atoms with Crippen molar-refractivity contribution in [1.82, 2.24) is 9.97 Å². The van der Waals surface area contributed by atoms with Crippen LogP contribution in [0.15, 0.2) is 48.8 Å². The first-order valence-corrected chi connectivity index (χ1v) is 8.42. The SMILES string of the molecule is COc1cc(Nc2cc(Nc3cccc(Cl)c3)ncn2)cc(OC)c1OC. The minimum absolute atomic E-state index is 0.525. The molecule has 27 heavy (non-hydrogen) atoms. The molecule has 0 atom stereocenters. The molecule has 0 bridgehead atoms. The summed E-state index contributed by atoms with van der Waals surface area (Å²) < 4.78 is 16.1. The molecular formula is C19H19ClN4O3. The van der Waals surface area contributed by atoms with Gasteiger partial charge in [-0.1, -0.05) is 17.7 Å². The second kappa shape index (κ2) is 8.46. The van der Waals surface area contributed by atoms with E-state index in [2.05, 4.69) is 20.6 Å². The summed E-state index contributed by atoms with van der Waals surface area (Å²) in [6, 6.07) is 12.8. The molecule has 0 fully saturated rings. The Kier molecular flexibility index (Phi) is 5.83. The second-order valence-electron chi connectivity index (χ2n) is 5.46. The number of halogens is 1. The van der Waals surface area contributed by atoms with Gasteiger partial charge in [0, 0.05) is 34.6 Å². The Labute approximate surface area is 162 Å². The van der Waals surface area contributed by atoms with E-state index in [-0.39, 0.29) is 0 Å². The van der Waals surface area contributed by atoms with Crippen molar-refractivity contribution in [2.75, 3.05) is 32.0 Å². The van der Waals surface area contributed by atoms with Gasteiger partial charge in [0.2, 0.25) is 5.75 Å². The lowest BCUT2D eigenvalue weighted by Crippen LogP contribution is -2.00. The average molecular weight is 387 g/mol. The highest BCUT2D eigenvalue weighted by Crippen LogP contribution is 2.40. The number of nitrogens with one attached hydrogen (secondary N) is 2. The fourth-order valence-corrected chi connectivity index (χ4v) is 2.70. The van der Waals surface area contributed by atoms with Crippen molar-refractivity contribution in [3.8, 4) is 17.2 Å². The Morgan fingerprint density at radius 3 is 1.96 bits per heavy atom. The smallest absolute Gasteiger partial charge is 0.203 e. The van der Waals surface area contributed by atoms with Crippen LogP contribution in [-0.4, -0.2) is 31.3 Å². The van der Waals surface area contributed by atoms with Crippen LogP contribution in [0.1, 0.15) is 0 Å². The van der Waals surface area contributed by atoms with Crippen molar-refractivity contribution in [3.05, 3.63) is 53.8 Å². The zero-order valence-corrected chi connectivity index (χ0v) is 15.9. The normalized spacial score (nSPS) is 10.2. The van der Waals surface area contributed by atoms with Crippen molar-refractivity contribution in [2.45, 2.75) is 0 Å². The number of hydrogen-bond donors (Lipinski definition) is 2. The Morgan fingerprint density at radius 1 is 0.778 bits per heavy atom. The molecule has 0 unspecified atom stereocenters. The Hall–Kier alpha value is -3.19. The van der Waals surface area contributed by atoms with Crippen molar-refractivity contribution >= 4 is 34.6 Å². The van der Waals surface area contributed by atoms with E-state index in [9.17, 15) is 0 Å². The summed E-state index contributed by atoms with van der Waals surface area (Å²) in [5.74, 6) is 2.85. The molecule has 7 nitrogen and oxygen atoms in total.